The van der Waals surface area contributed by atoms with Gasteiger partial charge in [-0.15, -0.1) is 0 Å². The molecule has 2 heterocycles. The fourth-order valence-electron chi connectivity index (χ4n) is 3.50. The Labute approximate surface area is 199 Å². The summed E-state index contributed by atoms with van der Waals surface area (Å²) in [6, 6.07) is 8.47. The monoisotopic (exact) mass is 492 g/mol. The molecule has 1 aliphatic rings. The average molecular weight is 492 g/mol. The second-order valence-corrected chi connectivity index (χ2v) is 7.79. The lowest BCUT2D eigenvalue weighted by Gasteiger charge is -2.34. The van der Waals surface area contributed by atoms with Crippen molar-refractivity contribution in [3.05, 3.63) is 61.3 Å². The highest BCUT2D eigenvalue weighted by atomic mass is 16.6. The Kier molecular flexibility index (Phi) is 9.52. The summed E-state index contributed by atoms with van der Waals surface area (Å²) in [6.45, 7) is 3.08. The predicted octanol–water partition coefficient (Wildman–Crippen LogP) is -0.182. The molecule has 1 aromatic carbocycles. The first-order valence-corrected chi connectivity index (χ1v) is 10.7. The van der Waals surface area contributed by atoms with Crippen LogP contribution in [-0.4, -0.2) is 68.4 Å². The molecule has 0 amide bonds. The summed E-state index contributed by atoms with van der Waals surface area (Å²) in [4.78, 5) is 54.5. The minimum atomic E-state index is -1.82. The van der Waals surface area contributed by atoms with Crippen molar-refractivity contribution in [3.8, 4) is 0 Å². The molecule has 3 rings (SSSR count). The van der Waals surface area contributed by atoms with Crippen molar-refractivity contribution >= 4 is 29.1 Å². The minimum absolute atomic E-state index is 0.103. The van der Waals surface area contributed by atoms with Gasteiger partial charge in [0.05, 0.1) is 4.92 Å². The van der Waals surface area contributed by atoms with E-state index in [0.29, 0.717) is 24.9 Å². The van der Waals surface area contributed by atoms with Gasteiger partial charge in [0, 0.05) is 70.2 Å². The third-order valence-electron chi connectivity index (χ3n) is 5.49. The zero-order valence-electron chi connectivity index (χ0n) is 19.3. The summed E-state index contributed by atoms with van der Waals surface area (Å²) in [7, 11) is 3.09. The maximum Gasteiger partial charge on any atom is 0.414 e. The number of aliphatic carboxylic acids is 2. The summed E-state index contributed by atoms with van der Waals surface area (Å²) in [6.07, 6.45) is 1.95. The highest BCUT2D eigenvalue weighted by Crippen LogP contribution is 2.22. The van der Waals surface area contributed by atoms with Gasteiger partial charge in [-0.3, -0.25) is 24.0 Å². The number of nitro benzene ring substituents is 1. The highest BCUT2D eigenvalue weighted by Gasteiger charge is 2.19. The number of piperidine rings is 1. The Hall–Kier alpha value is -4.20. The van der Waals surface area contributed by atoms with E-state index in [0.717, 1.165) is 36.2 Å². The number of nitrogens with zero attached hydrogens (tertiary/aromatic N) is 4. The lowest BCUT2D eigenvalue weighted by molar-refractivity contribution is -0.384. The van der Waals surface area contributed by atoms with Crippen LogP contribution >= 0.6 is 0 Å². The molecule has 190 valence electrons. The third-order valence-corrected chi connectivity index (χ3v) is 5.49. The van der Waals surface area contributed by atoms with E-state index in [2.05, 4.69) is 15.5 Å². The van der Waals surface area contributed by atoms with E-state index < -0.39 is 11.9 Å². The molecule has 2 aromatic rings. The van der Waals surface area contributed by atoms with E-state index in [1.165, 1.54) is 29.8 Å². The highest BCUT2D eigenvalue weighted by molar-refractivity contribution is 6.27. The molecule has 0 saturated carbocycles. The second kappa shape index (κ2) is 12.3. The number of non-ortho nitro benzene ring substituents is 1. The number of nitro groups is 1. The van der Waals surface area contributed by atoms with E-state index in [-0.39, 0.29) is 21.9 Å². The number of hydrogen-bond acceptors (Lipinski definition) is 9. The van der Waals surface area contributed by atoms with Crippen LogP contribution in [0.5, 0.6) is 0 Å². The summed E-state index contributed by atoms with van der Waals surface area (Å²) < 4.78 is 2.49. The first-order chi connectivity index (χ1) is 16.5. The Balaban J connectivity index is 0.000000641. The van der Waals surface area contributed by atoms with Crippen LogP contribution in [0.3, 0.4) is 0 Å². The Morgan fingerprint density at radius 3 is 2.11 bits per heavy atom. The van der Waals surface area contributed by atoms with Crippen LogP contribution in [0.2, 0.25) is 0 Å². The lowest BCUT2D eigenvalue weighted by atomic mass is 10.0. The van der Waals surface area contributed by atoms with Crippen LogP contribution in [0.4, 0.5) is 17.2 Å². The summed E-state index contributed by atoms with van der Waals surface area (Å²) in [5.41, 5.74) is 0.419. The SMILES string of the molecule is Cn1c(NCCNC2CCN(c3ccc([N+](=O)[O-])cc3)CC2)cc(=O)n(C)c1=O.O=C(O)C(=O)O. The van der Waals surface area contributed by atoms with Crippen LogP contribution in [-0.2, 0) is 23.7 Å². The third kappa shape index (κ3) is 7.67. The van der Waals surface area contributed by atoms with Crippen molar-refractivity contribution in [2.24, 2.45) is 14.1 Å². The average Bonchev–Trinajstić information content (AvgIpc) is 2.84. The Morgan fingerprint density at radius 2 is 1.60 bits per heavy atom. The lowest BCUT2D eigenvalue weighted by Crippen LogP contribution is -2.44. The van der Waals surface area contributed by atoms with E-state index in [1.807, 2.05) is 0 Å². The molecule has 0 unspecified atom stereocenters. The van der Waals surface area contributed by atoms with Crippen LogP contribution < -0.4 is 26.8 Å². The van der Waals surface area contributed by atoms with Gasteiger partial charge in [0.15, 0.2) is 0 Å². The molecule has 35 heavy (non-hydrogen) atoms. The first-order valence-electron chi connectivity index (χ1n) is 10.7. The van der Waals surface area contributed by atoms with Crippen LogP contribution in [0.1, 0.15) is 12.8 Å². The van der Waals surface area contributed by atoms with Gasteiger partial charge in [0.25, 0.3) is 11.2 Å². The molecular formula is C21H28N6O8. The Morgan fingerprint density at radius 1 is 1.03 bits per heavy atom. The molecule has 1 aromatic heterocycles. The molecule has 0 spiro atoms. The molecule has 0 atom stereocenters. The molecule has 1 aliphatic heterocycles. The van der Waals surface area contributed by atoms with Crippen LogP contribution in [0.25, 0.3) is 0 Å². The molecule has 14 nitrogen and oxygen atoms in total. The van der Waals surface area contributed by atoms with Crippen LogP contribution in [0.15, 0.2) is 39.9 Å². The summed E-state index contributed by atoms with van der Waals surface area (Å²) >= 11 is 0. The van der Waals surface area contributed by atoms with Gasteiger partial charge < -0.3 is 25.7 Å². The fourth-order valence-corrected chi connectivity index (χ4v) is 3.50. The van der Waals surface area contributed by atoms with Gasteiger partial charge in [-0.1, -0.05) is 0 Å². The van der Waals surface area contributed by atoms with E-state index in [9.17, 15) is 19.7 Å². The van der Waals surface area contributed by atoms with Crippen molar-refractivity contribution in [1.82, 2.24) is 14.5 Å². The molecule has 0 aliphatic carbocycles. The van der Waals surface area contributed by atoms with E-state index in [1.54, 1.807) is 19.2 Å². The zero-order chi connectivity index (χ0) is 26.1. The number of carboxylic acid groups (broad SMARTS) is 2. The Bertz CT molecular complexity index is 1150. The quantitative estimate of drug-likeness (QED) is 0.174. The van der Waals surface area contributed by atoms with Gasteiger partial charge in [-0.25, -0.2) is 14.4 Å². The smallest absolute Gasteiger partial charge is 0.414 e. The first kappa shape index (κ1) is 27.0. The largest absolute Gasteiger partial charge is 0.473 e. The number of carboxylic acids is 2. The number of benzene rings is 1. The molecule has 0 bridgehead atoms. The molecule has 1 saturated heterocycles. The molecule has 0 radical (unpaired) electrons. The molecule has 1 fully saturated rings. The number of carbonyl (C=O) groups is 2. The topological polar surface area (TPSA) is 189 Å². The van der Waals surface area contributed by atoms with Crippen molar-refractivity contribution < 1.29 is 24.7 Å². The van der Waals surface area contributed by atoms with E-state index >= 15 is 0 Å². The number of rotatable bonds is 7. The van der Waals surface area contributed by atoms with Crippen molar-refractivity contribution in [1.29, 1.82) is 0 Å². The summed E-state index contributed by atoms with van der Waals surface area (Å²) in [5, 5.41) is 32.2. The number of anilines is 2. The standard InChI is InChI=1S/C19H26N6O4.C2H2O4/c1-22-17(13-18(26)23(2)19(22)27)21-10-9-20-14-7-11-24(12-8-14)15-3-5-16(6-4-15)25(28)29;3-1(4)2(5)6/h3-6,13-14,20-21H,7-12H2,1-2H3;(H,3,4)(H,5,6). The van der Waals surface area contributed by atoms with Gasteiger partial charge in [0.2, 0.25) is 0 Å². The van der Waals surface area contributed by atoms with Gasteiger partial charge in [-0.05, 0) is 25.0 Å². The summed E-state index contributed by atoms with van der Waals surface area (Å²) in [5.74, 6) is -3.14. The number of hydrogen-bond donors (Lipinski definition) is 4. The normalized spacial score (nSPS) is 13.5. The van der Waals surface area contributed by atoms with Gasteiger partial charge >= 0.3 is 17.6 Å². The molecule has 4 N–H and O–H groups in total. The van der Waals surface area contributed by atoms with Gasteiger partial charge in [-0.2, -0.15) is 0 Å². The fraction of sp³-hybridized carbons (Fsp3) is 0.429. The minimum Gasteiger partial charge on any atom is -0.473 e. The molecular weight excluding hydrogens is 464 g/mol. The second-order valence-electron chi connectivity index (χ2n) is 7.79. The maximum atomic E-state index is 11.9. The predicted molar refractivity (Wildman–Crippen MR) is 127 cm³/mol. The van der Waals surface area contributed by atoms with Crippen molar-refractivity contribution in [3.63, 3.8) is 0 Å². The maximum absolute atomic E-state index is 11.9. The zero-order valence-corrected chi connectivity index (χ0v) is 19.3. The number of aromatic nitrogens is 2. The van der Waals surface area contributed by atoms with E-state index in [4.69, 9.17) is 19.8 Å². The van der Waals surface area contributed by atoms with Crippen LogP contribution in [0, 0.1) is 10.1 Å². The van der Waals surface area contributed by atoms with Gasteiger partial charge in [0.1, 0.15) is 5.82 Å². The van der Waals surface area contributed by atoms with Crippen molar-refractivity contribution in [2.45, 2.75) is 18.9 Å². The van der Waals surface area contributed by atoms with Crippen molar-refractivity contribution in [2.75, 3.05) is 36.4 Å². The molecule has 14 heteroatoms. The number of nitrogens with one attached hydrogen (secondary N) is 2.